The number of hydrogen-bond acceptors (Lipinski definition) is 8. The molecule has 1 aliphatic rings. The van der Waals surface area contributed by atoms with Crippen LogP contribution in [0.25, 0.3) is 0 Å². The molecular weight excluding hydrogens is 456 g/mol. The predicted molar refractivity (Wildman–Crippen MR) is 136 cm³/mol. The molecule has 1 aromatic heterocycles. The van der Waals surface area contributed by atoms with Crippen molar-refractivity contribution >= 4 is 11.8 Å². The van der Waals surface area contributed by atoms with E-state index in [1.165, 1.54) is 23.0 Å². The van der Waals surface area contributed by atoms with E-state index in [4.69, 9.17) is 11.7 Å². The minimum absolute atomic E-state index is 0.140. The highest BCUT2D eigenvalue weighted by molar-refractivity contribution is 5.97. The standard InChI is InChI=1S/C26H32N8O2/c1-15-4-5-17(10-16(15)2)13-29-25(35)22-12-23(31-14-30-22)26(36)32-21-9-7-18-11-19(6-8-20(18)21)24(33-27)34(3)28/h4-6,8,10-12,14,21,24,33H,7,9,13,27-28H2,1-3H3,(H,29,35)(H,32,36). The van der Waals surface area contributed by atoms with E-state index in [0.717, 1.165) is 40.7 Å². The summed E-state index contributed by atoms with van der Waals surface area (Å²) in [5.41, 5.74) is 9.45. The summed E-state index contributed by atoms with van der Waals surface area (Å²) in [4.78, 5) is 33.7. The summed E-state index contributed by atoms with van der Waals surface area (Å²) < 4.78 is 0. The summed E-state index contributed by atoms with van der Waals surface area (Å²) in [7, 11) is 1.74. The number of nitrogens with zero attached hydrogens (tertiary/aromatic N) is 3. The molecule has 2 unspecified atom stereocenters. The Balaban J connectivity index is 1.41. The summed E-state index contributed by atoms with van der Waals surface area (Å²) in [5, 5.41) is 7.39. The predicted octanol–water partition coefficient (Wildman–Crippen LogP) is 1.71. The van der Waals surface area contributed by atoms with Crippen molar-refractivity contribution in [3.8, 4) is 0 Å². The Morgan fingerprint density at radius 2 is 1.81 bits per heavy atom. The lowest BCUT2D eigenvalue weighted by atomic mass is 10.0. The van der Waals surface area contributed by atoms with Gasteiger partial charge in [0.2, 0.25) is 0 Å². The van der Waals surface area contributed by atoms with Crippen LogP contribution in [0, 0.1) is 13.8 Å². The smallest absolute Gasteiger partial charge is 0.270 e. The van der Waals surface area contributed by atoms with Gasteiger partial charge in [0, 0.05) is 19.7 Å². The second-order valence-electron chi connectivity index (χ2n) is 9.15. The summed E-state index contributed by atoms with van der Waals surface area (Å²) in [6, 6.07) is 13.3. The highest BCUT2D eigenvalue weighted by Crippen LogP contribution is 2.33. The van der Waals surface area contributed by atoms with Gasteiger partial charge < -0.3 is 10.6 Å². The van der Waals surface area contributed by atoms with Gasteiger partial charge in [0.05, 0.1) is 6.04 Å². The largest absolute Gasteiger partial charge is 0.347 e. The normalized spacial score (nSPS) is 15.4. The molecule has 10 heteroatoms. The maximum Gasteiger partial charge on any atom is 0.270 e. The molecule has 1 aliphatic carbocycles. The maximum absolute atomic E-state index is 13.0. The fourth-order valence-electron chi connectivity index (χ4n) is 4.43. The number of rotatable bonds is 8. The van der Waals surface area contributed by atoms with Crippen LogP contribution in [0.2, 0.25) is 0 Å². The van der Waals surface area contributed by atoms with Crippen LogP contribution in [0.3, 0.4) is 0 Å². The lowest BCUT2D eigenvalue weighted by Gasteiger charge is -2.24. The van der Waals surface area contributed by atoms with Crippen molar-refractivity contribution in [2.24, 2.45) is 11.7 Å². The Morgan fingerprint density at radius 3 is 2.50 bits per heavy atom. The summed E-state index contributed by atoms with van der Waals surface area (Å²) >= 11 is 0. The minimum Gasteiger partial charge on any atom is -0.347 e. The summed E-state index contributed by atoms with van der Waals surface area (Å²) in [6.45, 7) is 4.44. The average Bonchev–Trinajstić information content (AvgIpc) is 3.26. The van der Waals surface area contributed by atoms with Gasteiger partial charge in [0.15, 0.2) is 0 Å². The van der Waals surface area contributed by atoms with Crippen molar-refractivity contribution in [1.29, 1.82) is 0 Å². The molecule has 7 N–H and O–H groups in total. The fraction of sp³-hybridized carbons (Fsp3) is 0.308. The van der Waals surface area contributed by atoms with E-state index in [-0.39, 0.29) is 35.4 Å². The number of amides is 2. The SMILES string of the molecule is Cc1ccc(CNC(=O)c2cc(C(=O)NC3CCc4cc(C(NN)N(C)N)ccc43)ncn2)cc1C. The summed E-state index contributed by atoms with van der Waals surface area (Å²) in [5.74, 6) is 10.8. The van der Waals surface area contributed by atoms with E-state index in [1.54, 1.807) is 7.05 Å². The molecule has 0 saturated carbocycles. The second-order valence-corrected chi connectivity index (χ2v) is 9.15. The van der Waals surface area contributed by atoms with Crippen molar-refractivity contribution in [1.82, 2.24) is 31.0 Å². The molecule has 1 heterocycles. The molecule has 0 bridgehead atoms. The van der Waals surface area contributed by atoms with Crippen molar-refractivity contribution in [3.05, 3.63) is 93.6 Å². The number of carbonyl (C=O) groups excluding carboxylic acids is 2. The topological polar surface area (TPSA) is 151 Å². The Labute approximate surface area is 210 Å². The van der Waals surface area contributed by atoms with Crippen molar-refractivity contribution in [2.75, 3.05) is 7.05 Å². The molecule has 4 rings (SSSR count). The fourth-order valence-corrected chi connectivity index (χ4v) is 4.43. The quantitative estimate of drug-likeness (QED) is 0.183. The zero-order chi connectivity index (χ0) is 25.8. The van der Waals surface area contributed by atoms with Crippen molar-refractivity contribution in [3.63, 3.8) is 0 Å². The molecule has 0 spiro atoms. The molecule has 188 valence electrons. The molecule has 0 saturated heterocycles. The van der Waals surface area contributed by atoms with Crippen LogP contribution in [0.1, 0.15) is 73.0 Å². The van der Waals surface area contributed by atoms with Gasteiger partial charge in [0.1, 0.15) is 23.9 Å². The zero-order valence-electron chi connectivity index (χ0n) is 20.7. The molecule has 2 aromatic carbocycles. The lowest BCUT2D eigenvalue weighted by molar-refractivity contribution is 0.0931. The highest BCUT2D eigenvalue weighted by Gasteiger charge is 2.26. The number of hydrazine groups is 2. The van der Waals surface area contributed by atoms with Gasteiger partial charge in [0.25, 0.3) is 11.8 Å². The molecule has 2 atom stereocenters. The molecule has 3 aromatic rings. The van der Waals surface area contributed by atoms with E-state index in [9.17, 15) is 9.59 Å². The number of carbonyl (C=O) groups is 2. The first kappa shape index (κ1) is 25.4. The van der Waals surface area contributed by atoms with Crippen molar-refractivity contribution < 1.29 is 9.59 Å². The van der Waals surface area contributed by atoms with E-state index < -0.39 is 0 Å². The van der Waals surface area contributed by atoms with Crippen molar-refractivity contribution in [2.45, 2.75) is 45.4 Å². The highest BCUT2D eigenvalue weighted by atomic mass is 16.2. The lowest BCUT2D eigenvalue weighted by Crippen LogP contribution is -2.43. The van der Waals surface area contributed by atoms with Crippen LogP contribution in [-0.2, 0) is 13.0 Å². The molecule has 10 nitrogen and oxygen atoms in total. The first-order valence-electron chi connectivity index (χ1n) is 11.8. The molecule has 0 fully saturated rings. The second kappa shape index (κ2) is 10.9. The number of nitrogens with two attached hydrogens (primary N) is 2. The Kier molecular flexibility index (Phi) is 7.70. The van der Waals surface area contributed by atoms with E-state index in [0.29, 0.717) is 6.54 Å². The van der Waals surface area contributed by atoms with E-state index in [1.807, 2.05) is 44.2 Å². The molecule has 0 aliphatic heterocycles. The van der Waals surface area contributed by atoms with Crippen LogP contribution in [0.4, 0.5) is 0 Å². The third kappa shape index (κ3) is 5.58. The summed E-state index contributed by atoms with van der Waals surface area (Å²) in [6.07, 6.45) is 2.50. The minimum atomic E-state index is -0.364. The Morgan fingerprint density at radius 1 is 1.06 bits per heavy atom. The molecular formula is C26H32N8O2. The Bertz CT molecular complexity index is 1280. The van der Waals surface area contributed by atoms with Gasteiger partial charge in [-0.25, -0.2) is 20.4 Å². The molecule has 36 heavy (non-hydrogen) atoms. The van der Waals surface area contributed by atoms with Crippen LogP contribution in [-0.4, -0.2) is 33.8 Å². The van der Waals surface area contributed by atoms with Gasteiger partial charge in [-0.15, -0.1) is 0 Å². The van der Waals surface area contributed by atoms with Gasteiger partial charge >= 0.3 is 0 Å². The first-order valence-corrected chi connectivity index (χ1v) is 11.8. The van der Waals surface area contributed by atoms with Crippen LogP contribution < -0.4 is 27.7 Å². The van der Waals surface area contributed by atoms with Gasteiger partial charge in [-0.05, 0) is 60.1 Å². The van der Waals surface area contributed by atoms with E-state index >= 15 is 0 Å². The van der Waals surface area contributed by atoms with Gasteiger partial charge in [-0.1, -0.05) is 36.4 Å². The zero-order valence-corrected chi connectivity index (χ0v) is 20.7. The first-order chi connectivity index (χ1) is 17.3. The number of hydrogen-bond donors (Lipinski definition) is 5. The molecule has 2 amide bonds. The average molecular weight is 489 g/mol. The Hall–Kier alpha value is -3.70. The molecule has 0 radical (unpaired) electrons. The monoisotopic (exact) mass is 488 g/mol. The van der Waals surface area contributed by atoms with Gasteiger partial charge in [-0.2, -0.15) is 0 Å². The van der Waals surface area contributed by atoms with Crippen LogP contribution >= 0.6 is 0 Å². The maximum atomic E-state index is 13.0. The van der Waals surface area contributed by atoms with Crippen LogP contribution in [0.15, 0.2) is 48.8 Å². The number of fused-ring (bicyclic) bond motifs is 1. The van der Waals surface area contributed by atoms with Crippen LogP contribution in [0.5, 0.6) is 0 Å². The van der Waals surface area contributed by atoms with E-state index in [2.05, 4.69) is 32.1 Å². The third-order valence-corrected chi connectivity index (χ3v) is 6.59. The number of aryl methyl sites for hydroxylation is 3. The number of benzene rings is 2. The van der Waals surface area contributed by atoms with Gasteiger partial charge in [-0.3, -0.25) is 21.3 Å². The number of nitrogens with one attached hydrogen (secondary N) is 3. The number of aromatic nitrogens is 2. The third-order valence-electron chi connectivity index (χ3n) is 6.59.